The first-order valence-electron chi connectivity index (χ1n) is 6.49. The number of hydrogen-bond donors (Lipinski definition) is 1. The average molecular weight is 288 g/mol. The molecule has 1 unspecified atom stereocenters. The summed E-state index contributed by atoms with van der Waals surface area (Å²) in [5.74, 6) is 0.965. The second-order valence-corrected chi connectivity index (χ2v) is 5.92. The molecule has 1 aliphatic rings. The van der Waals surface area contributed by atoms with Crippen LogP contribution in [0.4, 0.5) is 0 Å². The van der Waals surface area contributed by atoms with Crippen molar-refractivity contribution >= 4 is 23.2 Å². The van der Waals surface area contributed by atoms with Gasteiger partial charge in [0.25, 0.3) is 0 Å². The smallest absolute Gasteiger partial charge is 0.138 e. The van der Waals surface area contributed by atoms with Crippen LogP contribution in [-0.2, 0) is 6.54 Å². The molecule has 1 atom stereocenters. The minimum atomic E-state index is 0.167. The predicted molar refractivity (Wildman–Crippen MR) is 76.4 cm³/mol. The van der Waals surface area contributed by atoms with E-state index in [1.165, 1.54) is 19.3 Å². The SMILES string of the molecule is CCCC1CCN(Cc2cc(Cl)cc(Cl)c2O)C1. The molecule has 0 aromatic heterocycles. The summed E-state index contributed by atoms with van der Waals surface area (Å²) in [6.45, 7) is 5.16. The molecule has 100 valence electrons. The Morgan fingerprint density at radius 2 is 2.17 bits per heavy atom. The van der Waals surface area contributed by atoms with Crippen molar-refractivity contribution in [2.24, 2.45) is 5.92 Å². The molecule has 0 saturated carbocycles. The van der Waals surface area contributed by atoms with Crippen LogP contribution in [0.3, 0.4) is 0 Å². The van der Waals surface area contributed by atoms with E-state index in [4.69, 9.17) is 23.2 Å². The molecule has 1 fully saturated rings. The summed E-state index contributed by atoms with van der Waals surface area (Å²) >= 11 is 11.9. The lowest BCUT2D eigenvalue weighted by Crippen LogP contribution is -2.20. The summed E-state index contributed by atoms with van der Waals surface area (Å²) in [5.41, 5.74) is 0.824. The van der Waals surface area contributed by atoms with Gasteiger partial charge in [0.1, 0.15) is 5.75 Å². The minimum Gasteiger partial charge on any atom is -0.506 e. The molecule has 1 N–H and O–H groups in total. The Hall–Kier alpha value is -0.440. The normalized spacial score (nSPS) is 20.5. The van der Waals surface area contributed by atoms with Crippen LogP contribution in [-0.4, -0.2) is 23.1 Å². The van der Waals surface area contributed by atoms with E-state index in [2.05, 4.69) is 11.8 Å². The number of hydrogen-bond acceptors (Lipinski definition) is 2. The predicted octanol–water partition coefficient (Wildman–Crippen LogP) is 4.32. The summed E-state index contributed by atoms with van der Waals surface area (Å²) in [6.07, 6.45) is 3.79. The van der Waals surface area contributed by atoms with Gasteiger partial charge in [0.2, 0.25) is 0 Å². The lowest BCUT2D eigenvalue weighted by atomic mass is 10.0. The first-order valence-corrected chi connectivity index (χ1v) is 7.25. The van der Waals surface area contributed by atoms with Crippen LogP contribution in [0.2, 0.25) is 10.0 Å². The second kappa shape index (κ2) is 6.14. The number of halogens is 2. The van der Waals surface area contributed by atoms with Crippen molar-refractivity contribution in [2.45, 2.75) is 32.7 Å². The van der Waals surface area contributed by atoms with Crippen molar-refractivity contribution in [3.8, 4) is 5.75 Å². The summed E-state index contributed by atoms with van der Waals surface area (Å²) in [5, 5.41) is 10.9. The maximum absolute atomic E-state index is 9.93. The van der Waals surface area contributed by atoms with E-state index in [0.717, 1.165) is 31.1 Å². The van der Waals surface area contributed by atoms with Crippen molar-refractivity contribution < 1.29 is 5.11 Å². The Balaban J connectivity index is 2.02. The van der Waals surface area contributed by atoms with E-state index < -0.39 is 0 Å². The highest BCUT2D eigenvalue weighted by atomic mass is 35.5. The zero-order chi connectivity index (χ0) is 13.1. The molecule has 1 aromatic rings. The average Bonchev–Trinajstić information content (AvgIpc) is 2.73. The van der Waals surface area contributed by atoms with Gasteiger partial charge < -0.3 is 5.11 Å². The number of benzene rings is 1. The Labute approximate surface area is 119 Å². The van der Waals surface area contributed by atoms with Gasteiger partial charge in [-0.1, -0.05) is 36.5 Å². The summed E-state index contributed by atoms with van der Waals surface area (Å²) in [4.78, 5) is 2.36. The fourth-order valence-electron chi connectivity index (χ4n) is 2.68. The lowest BCUT2D eigenvalue weighted by Gasteiger charge is -2.17. The van der Waals surface area contributed by atoms with Crippen molar-refractivity contribution in [2.75, 3.05) is 13.1 Å². The Kier molecular flexibility index (Phi) is 4.77. The maximum Gasteiger partial charge on any atom is 0.138 e. The van der Waals surface area contributed by atoms with Crippen LogP contribution in [0.5, 0.6) is 5.75 Å². The Morgan fingerprint density at radius 3 is 2.89 bits per heavy atom. The van der Waals surface area contributed by atoms with Crippen LogP contribution in [0.15, 0.2) is 12.1 Å². The highest BCUT2D eigenvalue weighted by Crippen LogP contribution is 2.33. The van der Waals surface area contributed by atoms with Crippen LogP contribution in [0, 0.1) is 5.92 Å². The van der Waals surface area contributed by atoms with Crippen LogP contribution in [0.25, 0.3) is 0 Å². The van der Waals surface area contributed by atoms with Crippen LogP contribution < -0.4 is 0 Å². The van der Waals surface area contributed by atoms with Gasteiger partial charge in [-0.15, -0.1) is 0 Å². The number of phenols is 1. The maximum atomic E-state index is 9.93. The topological polar surface area (TPSA) is 23.5 Å². The molecule has 2 rings (SSSR count). The third-order valence-corrected chi connectivity index (χ3v) is 4.07. The molecule has 0 amide bonds. The van der Waals surface area contributed by atoms with Gasteiger partial charge in [-0.2, -0.15) is 0 Å². The molecule has 18 heavy (non-hydrogen) atoms. The zero-order valence-electron chi connectivity index (χ0n) is 10.6. The van der Waals surface area contributed by atoms with Gasteiger partial charge >= 0.3 is 0 Å². The number of rotatable bonds is 4. The van der Waals surface area contributed by atoms with Gasteiger partial charge in [-0.05, 0) is 37.4 Å². The fraction of sp³-hybridized carbons (Fsp3) is 0.571. The lowest BCUT2D eigenvalue weighted by molar-refractivity contribution is 0.307. The number of likely N-dealkylation sites (tertiary alicyclic amines) is 1. The second-order valence-electron chi connectivity index (χ2n) is 5.07. The van der Waals surface area contributed by atoms with E-state index >= 15 is 0 Å². The van der Waals surface area contributed by atoms with Crippen LogP contribution in [0.1, 0.15) is 31.7 Å². The molecule has 0 aliphatic carbocycles. The van der Waals surface area contributed by atoms with Crippen molar-refractivity contribution in [1.82, 2.24) is 4.90 Å². The molecule has 1 aromatic carbocycles. The monoisotopic (exact) mass is 287 g/mol. The number of phenolic OH excluding ortho intramolecular Hbond substituents is 1. The molecular formula is C14H19Cl2NO. The van der Waals surface area contributed by atoms with Crippen molar-refractivity contribution in [3.63, 3.8) is 0 Å². The first-order chi connectivity index (χ1) is 8.60. The summed E-state index contributed by atoms with van der Waals surface area (Å²) < 4.78 is 0. The third kappa shape index (κ3) is 3.31. The van der Waals surface area contributed by atoms with Crippen molar-refractivity contribution in [1.29, 1.82) is 0 Å². The first kappa shape index (κ1) is 14.0. The Bertz CT molecular complexity index is 423. The zero-order valence-corrected chi connectivity index (χ0v) is 12.1. The third-order valence-electron chi connectivity index (χ3n) is 3.57. The largest absolute Gasteiger partial charge is 0.506 e. The summed E-state index contributed by atoms with van der Waals surface area (Å²) in [6, 6.07) is 3.38. The highest BCUT2D eigenvalue weighted by molar-refractivity contribution is 6.35. The number of aromatic hydroxyl groups is 1. The molecule has 4 heteroatoms. The molecule has 2 nitrogen and oxygen atoms in total. The molecule has 0 spiro atoms. The molecule has 0 radical (unpaired) electrons. The van der Waals surface area contributed by atoms with Gasteiger partial charge in [0.05, 0.1) is 5.02 Å². The Morgan fingerprint density at radius 1 is 1.39 bits per heavy atom. The molecule has 0 bridgehead atoms. The highest BCUT2D eigenvalue weighted by Gasteiger charge is 2.22. The fourth-order valence-corrected chi connectivity index (χ4v) is 3.22. The van der Waals surface area contributed by atoms with Gasteiger partial charge in [0, 0.05) is 23.7 Å². The number of nitrogens with zero attached hydrogens (tertiary/aromatic N) is 1. The van der Waals surface area contributed by atoms with Gasteiger partial charge in [-0.3, -0.25) is 4.90 Å². The van der Waals surface area contributed by atoms with E-state index in [1.807, 2.05) is 0 Å². The van der Waals surface area contributed by atoms with Crippen LogP contribution >= 0.6 is 23.2 Å². The molecule has 1 aliphatic heterocycles. The molecular weight excluding hydrogens is 269 g/mol. The van der Waals surface area contributed by atoms with Gasteiger partial charge in [0.15, 0.2) is 0 Å². The standard InChI is InChI=1S/C14H19Cl2NO/c1-2-3-10-4-5-17(8-10)9-11-6-12(15)7-13(16)14(11)18/h6-7,10,18H,2-5,8-9H2,1H3. The summed E-state index contributed by atoms with van der Waals surface area (Å²) in [7, 11) is 0. The van der Waals surface area contributed by atoms with E-state index in [9.17, 15) is 5.11 Å². The van der Waals surface area contributed by atoms with E-state index in [1.54, 1.807) is 12.1 Å². The molecule has 1 heterocycles. The van der Waals surface area contributed by atoms with E-state index in [-0.39, 0.29) is 5.75 Å². The molecule has 1 saturated heterocycles. The minimum absolute atomic E-state index is 0.167. The van der Waals surface area contributed by atoms with Crippen molar-refractivity contribution in [3.05, 3.63) is 27.7 Å². The van der Waals surface area contributed by atoms with Gasteiger partial charge in [-0.25, -0.2) is 0 Å². The van der Waals surface area contributed by atoms with E-state index in [0.29, 0.717) is 10.0 Å². The quantitative estimate of drug-likeness (QED) is 0.891.